The van der Waals surface area contributed by atoms with E-state index in [4.69, 9.17) is 39.2 Å². The van der Waals surface area contributed by atoms with Crippen molar-refractivity contribution in [3.8, 4) is 11.3 Å². The van der Waals surface area contributed by atoms with Gasteiger partial charge in [-0.3, -0.25) is 14.9 Å². The van der Waals surface area contributed by atoms with Gasteiger partial charge in [-0.25, -0.2) is 9.69 Å². The molecule has 2 heterocycles. The van der Waals surface area contributed by atoms with Gasteiger partial charge in [0.25, 0.3) is 11.8 Å². The summed E-state index contributed by atoms with van der Waals surface area (Å²) < 4.78 is 5.72. The van der Waals surface area contributed by atoms with Gasteiger partial charge >= 0.3 is 6.03 Å². The number of benzene rings is 2. The third-order valence-electron chi connectivity index (χ3n) is 4.30. The van der Waals surface area contributed by atoms with Gasteiger partial charge in [-0.1, -0.05) is 34.8 Å². The maximum Gasteiger partial charge on any atom is 0.335 e. The molecule has 30 heavy (non-hydrogen) atoms. The third-order valence-corrected chi connectivity index (χ3v) is 5.10. The Bertz CT molecular complexity index is 1220. The Hall–Kier alpha value is -3.06. The van der Waals surface area contributed by atoms with Crippen molar-refractivity contribution in [2.75, 3.05) is 4.90 Å². The predicted molar refractivity (Wildman–Crippen MR) is 115 cm³/mol. The molecule has 1 fully saturated rings. The number of hydrogen-bond donors (Lipinski definition) is 1. The molecule has 4 rings (SSSR count). The lowest BCUT2D eigenvalue weighted by atomic mass is 10.1. The van der Waals surface area contributed by atoms with Crippen LogP contribution in [0.2, 0.25) is 15.1 Å². The number of carbonyl (C=O) groups is 3. The number of halogens is 3. The van der Waals surface area contributed by atoms with Gasteiger partial charge in [0.1, 0.15) is 17.1 Å². The Kier molecular flexibility index (Phi) is 5.39. The molecule has 0 spiro atoms. The van der Waals surface area contributed by atoms with Crippen molar-refractivity contribution in [1.29, 1.82) is 0 Å². The molecule has 150 valence electrons. The lowest BCUT2D eigenvalue weighted by Crippen LogP contribution is -2.54. The second-order valence-electron chi connectivity index (χ2n) is 6.26. The minimum absolute atomic E-state index is 0.236. The van der Waals surface area contributed by atoms with E-state index in [1.807, 2.05) is 0 Å². The first-order valence-electron chi connectivity index (χ1n) is 8.56. The van der Waals surface area contributed by atoms with Crippen LogP contribution >= 0.6 is 34.8 Å². The van der Waals surface area contributed by atoms with Crippen LogP contribution in [-0.4, -0.2) is 17.8 Å². The number of hydrogen-bond acceptors (Lipinski definition) is 4. The molecule has 1 aliphatic rings. The second kappa shape index (κ2) is 7.99. The number of nitrogens with one attached hydrogen (secondary N) is 1. The van der Waals surface area contributed by atoms with Gasteiger partial charge in [0.15, 0.2) is 0 Å². The third kappa shape index (κ3) is 3.85. The molecule has 4 amide bonds. The van der Waals surface area contributed by atoms with Crippen molar-refractivity contribution in [3.63, 3.8) is 0 Å². The van der Waals surface area contributed by atoms with Gasteiger partial charge < -0.3 is 4.42 Å². The zero-order valence-electron chi connectivity index (χ0n) is 15.0. The lowest BCUT2D eigenvalue weighted by molar-refractivity contribution is -0.122. The highest BCUT2D eigenvalue weighted by atomic mass is 35.5. The summed E-state index contributed by atoms with van der Waals surface area (Å²) in [7, 11) is 0. The highest BCUT2D eigenvalue weighted by molar-refractivity contribution is 6.39. The molecule has 1 saturated heterocycles. The van der Waals surface area contributed by atoms with E-state index in [0.717, 1.165) is 4.90 Å². The van der Waals surface area contributed by atoms with Gasteiger partial charge in [0.2, 0.25) is 0 Å². The van der Waals surface area contributed by atoms with E-state index >= 15 is 0 Å². The number of carbonyl (C=O) groups excluding carboxylic acids is 3. The topological polar surface area (TPSA) is 79.6 Å². The molecule has 6 nitrogen and oxygen atoms in total. The second-order valence-corrected chi connectivity index (χ2v) is 7.54. The van der Waals surface area contributed by atoms with Gasteiger partial charge in [-0.15, -0.1) is 0 Å². The summed E-state index contributed by atoms with van der Waals surface area (Å²) in [5.41, 5.74) is 0.615. The van der Waals surface area contributed by atoms with E-state index in [1.165, 1.54) is 30.3 Å². The number of anilines is 1. The van der Waals surface area contributed by atoms with Gasteiger partial charge in [-0.05, 0) is 60.7 Å². The Labute approximate surface area is 185 Å². The van der Waals surface area contributed by atoms with E-state index in [9.17, 15) is 14.4 Å². The Morgan fingerprint density at radius 3 is 2.27 bits per heavy atom. The molecular weight excluding hydrogens is 451 g/mol. The average Bonchev–Trinajstić information content (AvgIpc) is 3.15. The largest absolute Gasteiger partial charge is 0.457 e. The van der Waals surface area contributed by atoms with Crippen LogP contribution in [0.15, 0.2) is 64.6 Å². The summed E-state index contributed by atoms with van der Waals surface area (Å²) in [6.07, 6.45) is 1.26. The van der Waals surface area contributed by atoms with Crippen molar-refractivity contribution in [2.24, 2.45) is 0 Å². The van der Waals surface area contributed by atoms with Crippen LogP contribution in [0, 0.1) is 0 Å². The summed E-state index contributed by atoms with van der Waals surface area (Å²) in [6, 6.07) is 13.4. The van der Waals surface area contributed by atoms with E-state index in [1.54, 1.807) is 30.3 Å². The Morgan fingerprint density at radius 2 is 1.57 bits per heavy atom. The van der Waals surface area contributed by atoms with Crippen molar-refractivity contribution in [2.45, 2.75) is 0 Å². The first kappa shape index (κ1) is 20.2. The van der Waals surface area contributed by atoms with Crippen LogP contribution < -0.4 is 10.2 Å². The van der Waals surface area contributed by atoms with Crippen LogP contribution in [-0.2, 0) is 9.59 Å². The van der Waals surface area contributed by atoms with Gasteiger partial charge in [0.05, 0.1) is 10.7 Å². The zero-order valence-corrected chi connectivity index (χ0v) is 17.3. The minimum atomic E-state index is -0.849. The van der Waals surface area contributed by atoms with Crippen molar-refractivity contribution in [1.82, 2.24) is 5.32 Å². The molecule has 0 aliphatic carbocycles. The molecule has 1 aliphatic heterocycles. The number of rotatable bonds is 3. The molecule has 2 aromatic carbocycles. The van der Waals surface area contributed by atoms with Crippen LogP contribution in [0.4, 0.5) is 10.5 Å². The zero-order chi connectivity index (χ0) is 21.4. The van der Waals surface area contributed by atoms with Crippen molar-refractivity contribution < 1.29 is 18.8 Å². The normalized spacial score (nSPS) is 15.6. The monoisotopic (exact) mass is 460 g/mol. The average molecular weight is 462 g/mol. The summed E-state index contributed by atoms with van der Waals surface area (Å²) in [4.78, 5) is 38.2. The highest BCUT2D eigenvalue weighted by Gasteiger charge is 2.37. The van der Waals surface area contributed by atoms with Crippen molar-refractivity contribution >= 4 is 64.4 Å². The maximum absolute atomic E-state index is 12.9. The molecule has 9 heteroatoms. The van der Waals surface area contributed by atoms with Crippen LogP contribution in [0.5, 0.6) is 0 Å². The standard InChI is InChI=1S/C21H11Cl3N2O4/c22-11-1-4-13(5-2-11)26-20(28)16(19(27)25-21(26)29)10-14-6-8-18(30-14)15-7-3-12(23)9-17(15)24/h1-10H,(H,25,27,29)/b16-10+. The minimum Gasteiger partial charge on any atom is -0.457 e. The first-order valence-corrected chi connectivity index (χ1v) is 9.69. The number of urea groups is 1. The Morgan fingerprint density at radius 1 is 0.867 bits per heavy atom. The highest BCUT2D eigenvalue weighted by Crippen LogP contribution is 2.32. The molecule has 0 bridgehead atoms. The number of furan rings is 1. The summed E-state index contributed by atoms with van der Waals surface area (Å²) in [6.45, 7) is 0. The SMILES string of the molecule is O=C1NC(=O)N(c2ccc(Cl)cc2)C(=O)/C1=C/c1ccc(-c2ccc(Cl)cc2Cl)o1. The fraction of sp³-hybridized carbons (Fsp3) is 0. The van der Waals surface area contributed by atoms with Crippen LogP contribution in [0.25, 0.3) is 17.4 Å². The van der Waals surface area contributed by atoms with Crippen LogP contribution in [0.1, 0.15) is 5.76 Å². The number of imide groups is 2. The summed E-state index contributed by atoms with van der Waals surface area (Å²) in [5, 5.41) is 3.46. The van der Waals surface area contributed by atoms with E-state index in [2.05, 4.69) is 5.32 Å². The molecule has 0 radical (unpaired) electrons. The molecule has 0 saturated carbocycles. The number of barbiturate groups is 1. The summed E-state index contributed by atoms with van der Waals surface area (Å²) >= 11 is 18.0. The van der Waals surface area contributed by atoms with E-state index in [-0.39, 0.29) is 17.0 Å². The first-order chi connectivity index (χ1) is 14.3. The fourth-order valence-corrected chi connectivity index (χ4v) is 3.52. The molecule has 3 aromatic rings. The van der Waals surface area contributed by atoms with E-state index < -0.39 is 17.8 Å². The summed E-state index contributed by atoms with van der Waals surface area (Å²) in [5.74, 6) is -0.941. The molecular formula is C21H11Cl3N2O4. The molecule has 1 N–H and O–H groups in total. The van der Waals surface area contributed by atoms with Gasteiger partial charge in [-0.2, -0.15) is 0 Å². The number of amides is 4. The maximum atomic E-state index is 12.9. The van der Waals surface area contributed by atoms with E-state index in [0.29, 0.717) is 26.4 Å². The predicted octanol–water partition coefficient (Wildman–Crippen LogP) is 5.57. The molecule has 0 atom stereocenters. The smallest absolute Gasteiger partial charge is 0.335 e. The molecule has 1 aromatic heterocycles. The van der Waals surface area contributed by atoms with Crippen molar-refractivity contribution in [3.05, 3.63) is 81.0 Å². The fourth-order valence-electron chi connectivity index (χ4n) is 2.89. The quantitative estimate of drug-likeness (QED) is 0.408. The Balaban J connectivity index is 1.68. The number of nitrogens with zero attached hydrogens (tertiary/aromatic N) is 1. The van der Waals surface area contributed by atoms with Crippen LogP contribution in [0.3, 0.4) is 0 Å². The lowest BCUT2D eigenvalue weighted by Gasteiger charge is -2.26. The van der Waals surface area contributed by atoms with Gasteiger partial charge in [0, 0.05) is 15.6 Å². The molecule has 0 unspecified atom stereocenters.